The molecule has 4 rings (SSSR count). The summed E-state index contributed by atoms with van der Waals surface area (Å²) in [7, 11) is 2.97. The number of carbonyl (C=O) groups is 1. The third kappa shape index (κ3) is 3.38. The maximum atomic E-state index is 13.2. The normalized spacial score (nSPS) is 10.9. The number of nitrogens with zero attached hydrogens (tertiary/aromatic N) is 2. The highest BCUT2D eigenvalue weighted by Gasteiger charge is 2.22. The van der Waals surface area contributed by atoms with Crippen LogP contribution in [0.25, 0.3) is 22.6 Å². The molecule has 0 bridgehead atoms. The Balaban J connectivity index is 1.81. The number of pyridine rings is 1. The van der Waals surface area contributed by atoms with E-state index in [0.717, 1.165) is 0 Å². The molecular weight excluding hydrogens is 398 g/mol. The van der Waals surface area contributed by atoms with Crippen molar-refractivity contribution in [3.8, 4) is 23.0 Å². The van der Waals surface area contributed by atoms with Crippen LogP contribution in [-0.2, 0) is 0 Å². The summed E-state index contributed by atoms with van der Waals surface area (Å²) in [6.45, 7) is 1.74. The fraction of sp³-hybridized carbons (Fsp3) is 0.150. The van der Waals surface area contributed by atoms with Crippen molar-refractivity contribution >= 4 is 34.3 Å². The van der Waals surface area contributed by atoms with E-state index in [4.69, 9.17) is 30.0 Å². The van der Waals surface area contributed by atoms with Gasteiger partial charge in [0, 0.05) is 12.1 Å². The summed E-state index contributed by atoms with van der Waals surface area (Å²) in [5.41, 5.74) is 1.96. The van der Waals surface area contributed by atoms with E-state index in [1.54, 1.807) is 37.3 Å². The van der Waals surface area contributed by atoms with Crippen LogP contribution in [0.2, 0.25) is 5.02 Å². The lowest BCUT2D eigenvalue weighted by molar-refractivity contribution is 0.102. The number of hydrogen-bond acceptors (Lipinski definition) is 7. The number of carbonyl (C=O) groups excluding carboxylic acids is 1. The van der Waals surface area contributed by atoms with Crippen LogP contribution in [0.5, 0.6) is 11.5 Å². The Hall–Kier alpha value is -3.52. The molecule has 3 heterocycles. The molecule has 3 aromatic heterocycles. The standard InChI is InChI=1S/C20H16ClN3O5/c1-10-18-11(7-13(15-5-4-6-28-15)23-20(18)29-24-10)19(25)22-14-9-16(26-2)12(21)8-17(14)27-3/h4-9H,1-3H3,(H,22,25). The molecule has 0 atom stereocenters. The quantitative estimate of drug-likeness (QED) is 0.505. The van der Waals surface area contributed by atoms with E-state index in [1.807, 2.05) is 0 Å². The second-order valence-corrected chi connectivity index (χ2v) is 6.53. The Morgan fingerprint density at radius 1 is 1.17 bits per heavy atom. The first-order valence-corrected chi connectivity index (χ1v) is 8.93. The van der Waals surface area contributed by atoms with Gasteiger partial charge in [0.05, 0.1) is 47.8 Å². The van der Waals surface area contributed by atoms with Crippen LogP contribution in [0.15, 0.2) is 45.5 Å². The van der Waals surface area contributed by atoms with Gasteiger partial charge in [0.1, 0.15) is 17.2 Å². The van der Waals surface area contributed by atoms with Crippen LogP contribution >= 0.6 is 11.6 Å². The topological polar surface area (TPSA) is 99.6 Å². The van der Waals surface area contributed by atoms with Crippen LogP contribution in [0.3, 0.4) is 0 Å². The van der Waals surface area contributed by atoms with Gasteiger partial charge in [0.25, 0.3) is 11.6 Å². The Labute approximate surface area is 170 Å². The summed E-state index contributed by atoms with van der Waals surface area (Å²) >= 11 is 6.14. The Bertz CT molecular complexity index is 1200. The zero-order valence-corrected chi connectivity index (χ0v) is 16.5. The highest BCUT2D eigenvalue weighted by Crippen LogP contribution is 2.36. The molecule has 0 unspecified atom stereocenters. The van der Waals surface area contributed by atoms with Gasteiger partial charge in [-0.3, -0.25) is 4.79 Å². The van der Waals surface area contributed by atoms with Crippen molar-refractivity contribution in [3.63, 3.8) is 0 Å². The van der Waals surface area contributed by atoms with E-state index in [-0.39, 0.29) is 5.71 Å². The molecule has 29 heavy (non-hydrogen) atoms. The fourth-order valence-corrected chi connectivity index (χ4v) is 3.20. The summed E-state index contributed by atoms with van der Waals surface area (Å²) in [6.07, 6.45) is 1.53. The Morgan fingerprint density at radius 2 is 1.97 bits per heavy atom. The molecular formula is C20H16ClN3O5. The number of aryl methyl sites for hydroxylation is 1. The van der Waals surface area contributed by atoms with Crippen molar-refractivity contribution in [2.24, 2.45) is 0 Å². The number of anilines is 1. The first-order chi connectivity index (χ1) is 14.0. The Morgan fingerprint density at radius 3 is 2.66 bits per heavy atom. The molecule has 1 amide bonds. The first-order valence-electron chi connectivity index (χ1n) is 8.55. The van der Waals surface area contributed by atoms with Crippen molar-refractivity contribution < 1.29 is 23.2 Å². The minimum Gasteiger partial charge on any atom is -0.495 e. The second-order valence-electron chi connectivity index (χ2n) is 6.12. The largest absolute Gasteiger partial charge is 0.495 e. The van der Waals surface area contributed by atoms with Crippen molar-refractivity contribution in [1.29, 1.82) is 0 Å². The van der Waals surface area contributed by atoms with Crippen LogP contribution in [0.4, 0.5) is 5.69 Å². The van der Waals surface area contributed by atoms with Crippen LogP contribution in [0.1, 0.15) is 16.1 Å². The van der Waals surface area contributed by atoms with E-state index in [0.29, 0.717) is 50.3 Å². The number of methoxy groups -OCH3 is 2. The number of hydrogen-bond donors (Lipinski definition) is 1. The lowest BCUT2D eigenvalue weighted by Gasteiger charge is -2.13. The number of amides is 1. The number of halogens is 1. The molecule has 148 valence electrons. The highest BCUT2D eigenvalue weighted by molar-refractivity contribution is 6.32. The minimum absolute atomic E-state index is 0.238. The van der Waals surface area contributed by atoms with E-state index in [1.165, 1.54) is 20.5 Å². The molecule has 1 aromatic carbocycles. The number of benzene rings is 1. The number of furan rings is 1. The molecule has 9 heteroatoms. The molecule has 0 aliphatic carbocycles. The van der Waals surface area contributed by atoms with Gasteiger partial charge in [-0.15, -0.1) is 0 Å². The minimum atomic E-state index is -0.404. The van der Waals surface area contributed by atoms with Crippen LogP contribution in [0, 0.1) is 6.92 Å². The van der Waals surface area contributed by atoms with Gasteiger partial charge < -0.3 is 23.7 Å². The van der Waals surface area contributed by atoms with Crippen LogP contribution in [-0.4, -0.2) is 30.3 Å². The van der Waals surface area contributed by atoms with E-state index in [2.05, 4.69) is 15.5 Å². The average molecular weight is 414 g/mol. The lowest BCUT2D eigenvalue weighted by Crippen LogP contribution is -2.14. The first kappa shape index (κ1) is 18.8. The number of nitrogens with one attached hydrogen (secondary N) is 1. The van der Waals surface area contributed by atoms with E-state index >= 15 is 0 Å². The highest BCUT2D eigenvalue weighted by atomic mass is 35.5. The zero-order chi connectivity index (χ0) is 20.5. The molecule has 1 N–H and O–H groups in total. The van der Waals surface area contributed by atoms with Crippen molar-refractivity contribution in [2.75, 3.05) is 19.5 Å². The molecule has 0 aliphatic rings. The SMILES string of the molecule is COc1cc(NC(=O)c2cc(-c3ccco3)nc3onc(C)c23)c(OC)cc1Cl. The average Bonchev–Trinajstić information content (AvgIpc) is 3.38. The van der Waals surface area contributed by atoms with Crippen molar-refractivity contribution in [3.05, 3.63) is 52.9 Å². The van der Waals surface area contributed by atoms with Gasteiger partial charge in [-0.1, -0.05) is 16.8 Å². The molecule has 4 aromatic rings. The van der Waals surface area contributed by atoms with Gasteiger partial charge in [0.15, 0.2) is 5.76 Å². The van der Waals surface area contributed by atoms with Gasteiger partial charge in [0.2, 0.25) is 0 Å². The van der Waals surface area contributed by atoms with Gasteiger partial charge in [-0.2, -0.15) is 0 Å². The number of fused-ring (bicyclic) bond motifs is 1. The van der Waals surface area contributed by atoms with E-state index in [9.17, 15) is 4.79 Å². The van der Waals surface area contributed by atoms with Gasteiger partial charge in [-0.25, -0.2) is 4.98 Å². The summed E-state index contributed by atoms with van der Waals surface area (Å²) in [5.74, 6) is 0.891. The lowest BCUT2D eigenvalue weighted by atomic mass is 10.1. The van der Waals surface area contributed by atoms with Crippen molar-refractivity contribution in [2.45, 2.75) is 6.92 Å². The second kappa shape index (κ2) is 7.48. The molecule has 0 aliphatic heterocycles. The van der Waals surface area contributed by atoms with Crippen molar-refractivity contribution in [1.82, 2.24) is 10.1 Å². The third-order valence-electron chi connectivity index (χ3n) is 4.36. The predicted molar refractivity (Wildman–Crippen MR) is 107 cm³/mol. The monoisotopic (exact) mass is 413 g/mol. The molecule has 0 saturated carbocycles. The summed E-state index contributed by atoms with van der Waals surface area (Å²) in [5, 5.41) is 7.64. The number of ether oxygens (including phenoxy) is 2. The molecule has 0 fully saturated rings. The summed E-state index contributed by atoms with van der Waals surface area (Å²) in [6, 6.07) is 8.26. The van der Waals surface area contributed by atoms with E-state index < -0.39 is 5.91 Å². The van der Waals surface area contributed by atoms with Gasteiger partial charge in [-0.05, 0) is 25.1 Å². The smallest absolute Gasteiger partial charge is 0.259 e. The molecule has 0 spiro atoms. The molecule has 8 nitrogen and oxygen atoms in total. The summed E-state index contributed by atoms with van der Waals surface area (Å²) < 4.78 is 21.2. The van der Waals surface area contributed by atoms with Crippen LogP contribution < -0.4 is 14.8 Å². The number of rotatable bonds is 5. The van der Waals surface area contributed by atoms with Gasteiger partial charge >= 0.3 is 0 Å². The molecule has 0 saturated heterocycles. The fourth-order valence-electron chi connectivity index (χ4n) is 2.97. The summed E-state index contributed by atoms with van der Waals surface area (Å²) in [4.78, 5) is 17.6. The molecule has 0 radical (unpaired) electrons. The maximum absolute atomic E-state index is 13.2. The number of aromatic nitrogens is 2. The zero-order valence-electron chi connectivity index (χ0n) is 15.8. The predicted octanol–water partition coefficient (Wildman–Crippen LogP) is 4.71. The maximum Gasteiger partial charge on any atom is 0.259 e. The third-order valence-corrected chi connectivity index (χ3v) is 4.65. The Kier molecular flexibility index (Phi) is 4.85.